The number of thiazole rings is 1. The minimum absolute atomic E-state index is 0.0528. The van der Waals surface area contributed by atoms with Gasteiger partial charge in [0.05, 0.1) is 19.8 Å². The normalized spacial score (nSPS) is 10.1. The van der Waals surface area contributed by atoms with Gasteiger partial charge in [-0.3, -0.25) is 0 Å². The van der Waals surface area contributed by atoms with Gasteiger partial charge in [-0.1, -0.05) is 11.3 Å². The van der Waals surface area contributed by atoms with Gasteiger partial charge in [0, 0.05) is 11.6 Å². The number of ether oxygens (including phenoxy) is 2. The predicted octanol–water partition coefficient (Wildman–Crippen LogP) is 0.531. The quantitative estimate of drug-likeness (QED) is 0.663. The molecule has 0 saturated heterocycles. The van der Waals surface area contributed by atoms with E-state index < -0.39 is 0 Å². The Morgan fingerprint density at radius 2 is 2.33 bits per heavy atom. The van der Waals surface area contributed by atoms with Gasteiger partial charge in [-0.15, -0.1) is 0 Å². The zero-order chi connectivity index (χ0) is 8.65. The number of aromatic nitrogens is 1. The lowest BCUT2D eigenvalue weighted by atomic mass is 10.7. The number of hydrogen-bond donors (Lipinski definition) is 1. The lowest BCUT2D eigenvalue weighted by molar-refractivity contribution is 0.0704. The lowest BCUT2D eigenvalue weighted by Gasteiger charge is -2.02. The van der Waals surface area contributed by atoms with E-state index in [1.807, 2.05) is 5.38 Å². The average Bonchev–Trinajstić information content (AvgIpc) is 2.57. The molecule has 0 aliphatic carbocycles. The van der Waals surface area contributed by atoms with Crippen molar-refractivity contribution >= 4 is 11.3 Å². The standard InChI is InChI=1S/C7H11NO3S/c9-2-3-10-4-5-11-7-8-1-6-12-7/h1,6,9H,2-5H2. The van der Waals surface area contributed by atoms with E-state index in [9.17, 15) is 0 Å². The van der Waals surface area contributed by atoms with E-state index in [2.05, 4.69) is 4.98 Å². The molecule has 1 N–H and O–H groups in total. The van der Waals surface area contributed by atoms with Gasteiger partial charge in [0.15, 0.2) is 0 Å². The van der Waals surface area contributed by atoms with Crippen LogP contribution in [-0.4, -0.2) is 36.5 Å². The van der Waals surface area contributed by atoms with E-state index in [-0.39, 0.29) is 6.61 Å². The summed E-state index contributed by atoms with van der Waals surface area (Å²) in [6.07, 6.45) is 1.69. The summed E-state index contributed by atoms with van der Waals surface area (Å²) >= 11 is 1.45. The first kappa shape index (κ1) is 9.44. The molecule has 1 aromatic rings. The molecule has 0 aliphatic heterocycles. The summed E-state index contributed by atoms with van der Waals surface area (Å²) in [4.78, 5) is 3.93. The molecule has 0 aromatic carbocycles. The van der Waals surface area contributed by atoms with Crippen LogP contribution in [0.5, 0.6) is 5.19 Å². The van der Waals surface area contributed by atoms with E-state index in [4.69, 9.17) is 14.6 Å². The van der Waals surface area contributed by atoms with Gasteiger partial charge in [-0.05, 0) is 0 Å². The highest BCUT2D eigenvalue weighted by Gasteiger charge is 1.94. The molecular weight excluding hydrogens is 178 g/mol. The minimum atomic E-state index is 0.0528. The van der Waals surface area contributed by atoms with Crippen LogP contribution in [0.3, 0.4) is 0 Å². The lowest BCUT2D eigenvalue weighted by Crippen LogP contribution is -2.08. The zero-order valence-electron chi connectivity index (χ0n) is 6.60. The van der Waals surface area contributed by atoms with E-state index in [1.54, 1.807) is 6.20 Å². The molecule has 68 valence electrons. The van der Waals surface area contributed by atoms with Crippen molar-refractivity contribution in [1.82, 2.24) is 4.98 Å². The summed E-state index contributed by atoms with van der Waals surface area (Å²) in [5, 5.41) is 10.9. The molecule has 4 nitrogen and oxygen atoms in total. The molecule has 1 heterocycles. The largest absolute Gasteiger partial charge is 0.468 e. The van der Waals surface area contributed by atoms with Crippen molar-refractivity contribution in [2.75, 3.05) is 26.4 Å². The summed E-state index contributed by atoms with van der Waals surface area (Å²) in [6.45, 7) is 1.38. The second kappa shape index (κ2) is 5.93. The number of hydrogen-bond acceptors (Lipinski definition) is 5. The van der Waals surface area contributed by atoms with Crippen LogP contribution in [0.4, 0.5) is 0 Å². The van der Waals surface area contributed by atoms with Crippen molar-refractivity contribution in [2.45, 2.75) is 0 Å². The van der Waals surface area contributed by atoms with E-state index in [0.717, 1.165) is 0 Å². The second-order valence-corrected chi connectivity index (χ2v) is 2.84. The van der Waals surface area contributed by atoms with E-state index in [0.29, 0.717) is 25.0 Å². The number of rotatable bonds is 6. The van der Waals surface area contributed by atoms with Crippen LogP contribution in [-0.2, 0) is 4.74 Å². The molecule has 0 amide bonds. The summed E-state index contributed by atoms with van der Waals surface area (Å²) < 4.78 is 10.2. The monoisotopic (exact) mass is 189 g/mol. The van der Waals surface area contributed by atoms with Crippen molar-refractivity contribution in [1.29, 1.82) is 0 Å². The molecule has 1 aromatic heterocycles. The third-order valence-corrected chi connectivity index (χ3v) is 1.78. The van der Waals surface area contributed by atoms with Gasteiger partial charge in [0.1, 0.15) is 6.61 Å². The van der Waals surface area contributed by atoms with Gasteiger partial charge in [0.2, 0.25) is 0 Å². The first-order chi connectivity index (χ1) is 5.93. The zero-order valence-corrected chi connectivity index (χ0v) is 7.42. The molecule has 0 radical (unpaired) electrons. The van der Waals surface area contributed by atoms with Gasteiger partial charge in [-0.2, -0.15) is 0 Å². The van der Waals surface area contributed by atoms with E-state index >= 15 is 0 Å². The Morgan fingerprint density at radius 3 is 3.00 bits per heavy atom. The SMILES string of the molecule is OCCOCCOc1nccs1. The highest BCUT2D eigenvalue weighted by Crippen LogP contribution is 2.12. The predicted molar refractivity (Wildman–Crippen MR) is 45.5 cm³/mol. The Kier molecular flexibility index (Phi) is 4.67. The maximum absolute atomic E-state index is 8.37. The van der Waals surface area contributed by atoms with Gasteiger partial charge < -0.3 is 14.6 Å². The van der Waals surface area contributed by atoms with Crippen molar-refractivity contribution in [3.63, 3.8) is 0 Å². The Bertz CT molecular complexity index is 191. The summed E-state index contributed by atoms with van der Waals surface area (Å²) in [6, 6.07) is 0. The number of aliphatic hydroxyl groups is 1. The molecule has 1 rings (SSSR count). The summed E-state index contributed by atoms with van der Waals surface area (Å²) in [5.41, 5.74) is 0. The van der Waals surface area contributed by atoms with Gasteiger partial charge in [0.25, 0.3) is 5.19 Å². The van der Waals surface area contributed by atoms with Crippen LogP contribution in [0.1, 0.15) is 0 Å². The Morgan fingerprint density at radius 1 is 1.42 bits per heavy atom. The number of aliphatic hydroxyl groups excluding tert-OH is 1. The van der Waals surface area contributed by atoms with Crippen molar-refractivity contribution < 1.29 is 14.6 Å². The molecule has 0 spiro atoms. The van der Waals surface area contributed by atoms with Gasteiger partial charge in [-0.25, -0.2) is 4.98 Å². The molecule has 0 unspecified atom stereocenters. The molecule has 0 aliphatic rings. The molecule has 0 atom stereocenters. The Balaban J connectivity index is 1.96. The maximum Gasteiger partial charge on any atom is 0.273 e. The van der Waals surface area contributed by atoms with Crippen LogP contribution in [0.15, 0.2) is 11.6 Å². The fourth-order valence-corrected chi connectivity index (χ4v) is 1.15. The van der Waals surface area contributed by atoms with Crippen molar-refractivity contribution in [3.8, 4) is 5.19 Å². The minimum Gasteiger partial charge on any atom is -0.468 e. The highest BCUT2D eigenvalue weighted by molar-refractivity contribution is 7.11. The topological polar surface area (TPSA) is 51.6 Å². The maximum atomic E-state index is 8.37. The third kappa shape index (κ3) is 3.66. The molecule has 12 heavy (non-hydrogen) atoms. The smallest absolute Gasteiger partial charge is 0.273 e. The fourth-order valence-electron chi connectivity index (χ4n) is 0.636. The first-order valence-electron chi connectivity index (χ1n) is 3.64. The molecular formula is C7H11NO3S. The molecule has 0 fully saturated rings. The van der Waals surface area contributed by atoms with Crippen molar-refractivity contribution in [3.05, 3.63) is 11.6 Å². The molecule has 0 bridgehead atoms. The Hall–Kier alpha value is -0.650. The fraction of sp³-hybridized carbons (Fsp3) is 0.571. The van der Waals surface area contributed by atoms with Crippen LogP contribution >= 0.6 is 11.3 Å². The van der Waals surface area contributed by atoms with Crippen molar-refractivity contribution in [2.24, 2.45) is 0 Å². The number of nitrogens with zero attached hydrogens (tertiary/aromatic N) is 1. The highest BCUT2D eigenvalue weighted by atomic mass is 32.1. The van der Waals surface area contributed by atoms with Crippen LogP contribution < -0.4 is 4.74 Å². The first-order valence-corrected chi connectivity index (χ1v) is 4.52. The van der Waals surface area contributed by atoms with Gasteiger partial charge >= 0.3 is 0 Å². The van der Waals surface area contributed by atoms with Crippen LogP contribution in [0, 0.1) is 0 Å². The van der Waals surface area contributed by atoms with E-state index in [1.165, 1.54) is 11.3 Å². The summed E-state index contributed by atoms with van der Waals surface area (Å²) in [5.74, 6) is 0. The third-order valence-electron chi connectivity index (χ3n) is 1.10. The molecule has 0 saturated carbocycles. The molecule has 5 heteroatoms. The second-order valence-electron chi connectivity index (χ2n) is 1.98. The summed E-state index contributed by atoms with van der Waals surface area (Å²) in [7, 11) is 0. The average molecular weight is 189 g/mol. The van der Waals surface area contributed by atoms with Crippen LogP contribution in [0.2, 0.25) is 0 Å². The Labute approximate surface area is 74.8 Å². The van der Waals surface area contributed by atoms with Crippen LogP contribution in [0.25, 0.3) is 0 Å².